The molecule has 0 N–H and O–H groups in total. The van der Waals surface area contributed by atoms with Crippen LogP contribution in [0.1, 0.15) is 20.8 Å². The highest BCUT2D eigenvalue weighted by Crippen LogP contribution is 2.29. The predicted octanol–water partition coefficient (Wildman–Crippen LogP) is 3.94. The molecular formula is C17H16Cl2N2OS. The second-order valence-corrected chi connectivity index (χ2v) is 7.90. The number of amides is 1. The quantitative estimate of drug-likeness (QED) is 0.803. The van der Waals surface area contributed by atoms with E-state index in [1.165, 1.54) is 10.4 Å². The average Bonchev–Trinajstić information content (AvgIpc) is 2.96. The Balaban J connectivity index is 1.38. The summed E-state index contributed by atoms with van der Waals surface area (Å²) in [6, 6.07) is 7.76. The molecule has 1 fully saturated rings. The molecule has 3 nitrogen and oxygen atoms in total. The first-order chi connectivity index (χ1) is 11.1. The molecule has 1 aromatic heterocycles. The number of nitrogens with zero attached hydrogens (tertiary/aromatic N) is 2. The highest BCUT2D eigenvalue weighted by molar-refractivity contribution is 7.10. The summed E-state index contributed by atoms with van der Waals surface area (Å²) in [6.07, 6.45) is 1.13. The van der Waals surface area contributed by atoms with Gasteiger partial charge in [-0.05, 0) is 41.6 Å². The van der Waals surface area contributed by atoms with Crippen molar-refractivity contribution in [1.82, 2.24) is 9.80 Å². The Labute approximate surface area is 149 Å². The molecule has 0 spiro atoms. The van der Waals surface area contributed by atoms with Crippen LogP contribution in [0.3, 0.4) is 0 Å². The van der Waals surface area contributed by atoms with Gasteiger partial charge in [-0.15, -0.1) is 11.3 Å². The van der Waals surface area contributed by atoms with Crippen molar-refractivity contribution in [2.24, 2.45) is 0 Å². The number of hydrogen-bond donors (Lipinski definition) is 0. The minimum atomic E-state index is 0.0352. The first-order valence-electron chi connectivity index (χ1n) is 7.65. The molecule has 0 bridgehead atoms. The van der Waals surface area contributed by atoms with Crippen molar-refractivity contribution < 1.29 is 4.79 Å². The monoisotopic (exact) mass is 366 g/mol. The van der Waals surface area contributed by atoms with Crippen molar-refractivity contribution in [3.05, 3.63) is 55.7 Å². The van der Waals surface area contributed by atoms with Gasteiger partial charge in [0.25, 0.3) is 5.91 Å². The van der Waals surface area contributed by atoms with Crippen molar-refractivity contribution >= 4 is 40.4 Å². The van der Waals surface area contributed by atoms with Gasteiger partial charge in [0.05, 0.1) is 10.0 Å². The molecule has 2 aliphatic heterocycles. The Morgan fingerprint density at radius 3 is 2.78 bits per heavy atom. The van der Waals surface area contributed by atoms with Crippen LogP contribution in [0.25, 0.3) is 0 Å². The van der Waals surface area contributed by atoms with Crippen LogP contribution < -0.4 is 0 Å². The van der Waals surface area contributed by atoms with E-state index in [4.69, 9.17) is 23.2 Å². The van der Waals surface area contributed by atoms with E-state index < -0.39 is 0 Å². The lowest BCUT2D eigenvalue weighted by atomic mass is 10.0. The lowest BCUT2D eigenvalue weighted by Gasteiger charge is -2.46. The molecule has 2 aromatic rings. The van der Waals surface area contributed by atoms with Gasteiger partial charge in [-0.3, -0.25) is 9.69 Å². The maximum atomic E-state index is 12.5. The van der Waals surface area contributed by atoms with Crippen LogP contribution in [0, 0.1) is 0 Å². The third-order valence-corrected chi connectivity index (χ3v) is 6.43. The minimum absolute atomic E-state index is 0.0352. The van der Waals surface area contributed by atoms with Crippen molar-refractivity contribution in [2.45, 2.75) is 19.0 Å². The Hall–Kier alpha value is -1.07. The molecule has 3 heterocycles. The lowest BCUT2D eigenvalue weighted by molar-refractivity contribution is 0.0221. The highest BCUT2D eigenvalue weighted by Gasteiger charge is 2.36. The van der Waals surface area contributed by atoms with Gasteiger partial charge in [0.1, 0.15) is 0 Å². The van der Waals surface area contributed by atoms with Crippen LogP contribution in [0.2, 0.25) is 10.0 Å². The van der Waals surface area contributed by atoms with E-state index in [0.717, 1.165) is 32.6 Å². The second-order valence-electron chi connectivity index (χ2n) is 6.08. The maximum Gasteiger partial charge on any atom is 0.254 e. The Morgan fingerprint density at radius 1 is 1.17 bits per heavy atom. The van der Waals surface area contributed by atoms with E-state index in [1.54, 1.807) is 18.2 Å². The number of hydrogen-bond acceptors (Lipinski definition) is 3. The minimum Gasteiger partial charge on any atom is -0.335 e. The molecule has 0 unspecified atom stereocenters. The summed E-state index contributed by atoms with van der Waals surface area (Å²) in [6.45, 7) is 3.68. The molecule has 0 atom stereocenters. The zero-order valence-electron chi connectivity index (χ0n) is 12.5. The topological polar surface area (TPSA) is 23.6 Å². The fraction of sp³-hybridized carbons (Fsp3) is 0.353. The predicted molar refractivity (Wildman–Crippen MR) is 94.6 cm³/mol. The van der Waals surface area contributed by atoms with E-state index in [2.05, 4.69) is 16.3 Å². The number of carbonyl (C=O) groups is 1. The molecule has 2 aliphatic rings. The lowest BCUT2D eigenvalue weighted by Crippen LogP contribution is -2.61. The van der Waals surface area contributed by atoms with Crippen molar-refractivity contribution in [1.29, 1.82) is 0 Å². The smallest absolute Gasteiger partial charge is 0.254 e. The summed E-state index contributed by atoms with van der Waals surface area (Å²) in [4.78, 5) is 18.4. The molecular weight excluding hydrogens is 351 g/mol. The summed E-state index contributed by atoms with van der Waals surface area (Å²) in [5.74, 6) is 0.0352. The SMILES string of the molecule is O=C(c1ccc(Cl)c(Cl)c1)N1CC(N2CCc3sccc3C2)C1. The largest absolute Gasteiger partial charge is 0.335 e. The van der Waals surface area contributed by atoms with Crippen molar-refractivity contribution in [2.75, 3.05) is 19.6 Å². The maximum absolute atomic E-state index is 12.5. The number of rotatable bonds is 2. The third kappa shape index (κ3) is 2.89. The Morgan fingerprint density at radius 2 is 2.00 bits per heavy atom. The molecule has 1 aromatic carbocycles. The number of likely N-dealkylation sites (tertiary alicyclic amines) is 1. The van der Waals surface area contributed by atoms with E-state index >= 15 is 0 Å². The first kappa shape index (κ1) is 15.5. The van der Waals surface area contributed by atoms with Crippen molar-refractivity contribution in [3.8, 4) is 0 Å². The van der Waals surface area contributed by atoms with Gasteiger partial charge in [-0.1, -0.05) is 23.2 Å². The molecule has 0 radical (unpaired) electrons. The normalized spacial score (nSPS) is 18.6. The number of benzene rings is 1. The van der Waals surface area contributed by atoms with Gasteiger partial charge in [-0.2, -0.15) is 0 Å². The molecule has 1 amide bonds. The summed E-state index contributed by atoms with van der Waals surface area (Å²) < 4.78 is 0. The molecule has 0 aliphatic carbocycles. The highest BCUT2D eigenvalue weighted by atomic mass is 35.5. The molecule has 6 heteroatoms. The first-order valence-corrected chi connectivity index (χ1v) is 9.29. The zero-order chi connectivity index (χ0) is 16.0. The second kappa shape index (κ2) is 6.10. The number of carbonyl (C=O) groups excluding carboxylic acids is 1. The van der Waals surface area contributed by atoms with Gasteiger partial charge in [0, 0.05) is 42.7 Å². The fourth-order valence-electron chi connectivity index (χ4n) is 3.25. The summed E-state index contributed by atoms with van der Waals surface area (Å²) in [5.41, 5.74) is 2.06. The molecule has 120 valence electrons. The standard InChI is InChI=1S/C17H16Cl2N2OS/c18-14-2-1-11(7-15(14)19)17(22)21-9-13(10-21)20-5-3-16-12(8-20)4-6-23-16/h1-2,4,6-7,13H,3,5,8-10H2. The van der Waals surface area contributed by atoms with E-state index in [9.17, 15) is 4.79 Å². The molecule has 23 heavy (non-hydrogen) atoms. The van der Waals surface area contributed by atoms with Crippen LogP contribution in [-0.4, -0.2) is 41.4 Å². The van der Waals surface area contributed by atoms with Crippen LogP contribution in [0.5, 0.6) is 0 Å². The molecule has 1 saturated heterocycles. The van der Waals surface area contributed by atoms with Gasteiger partial charge >= 0.3 is 0 Å². The summed E-state index contributed by atoms with van der Waals surface area (Å²) >= 11 is 13.8. The van der Waals surface area contributed by atoms with Gasteiger partial charge in [0.2, 0.25) is 0 Å². The zero-order valence-corrected chi connectivity index (χ0v) is 14.8. The van der Waals surface area contributed by atoms with E-state index in [-0.39, 0.29) is 5.91 Å². The van der Waals surface area contributed by atoms with Crippen LogP contribution >= 0.6 is 34.5 Å². The van der Waals surface area contributed by atoms with Crippen molar-refractivity contribution in [3.63, 3.8) is 0 Å². The Kier molecular flexibility index (Phi) is 4.10. The Bertz CT molecular complexity index is 755. The average molecular weight is 367 g/mol. The molecule has 4 rings (SSSR count). The molecule has 0 saturated carbocycles. The number of thiophene rings is 1. The van der Waals surface area contributed by atoms with Crippen LogP contribution in [0.15, 0.2) is 29.6 Å². The van der Waals surface area contributed by atoms with Gasteiger partial charge in [-0.25, -0.2) is 0 Å². The van der Waals surface area contributed by atoms with Gasteiger partial charge in [0.15, 0.2) is 0 Å². The number of halogens is 2. The van der Waals surface area contributed by atoms with E-state index in [0.29, 0.717) is 21.7 Å². The summed E-state index contributed by atoms with van der Waals surface area (Å²) in [7, 11) is 0. The third-order valence-electron chi connectivity index (χ3n) is 4.67. The van der Waals surface area contributed by atoms with Crippen LogP contribution in [0.4, 0.5) is 0 Å². The fourth-order valence-corrected chi connectivity index (χ4v) is 4.43. The van der Waals surface area contributed by atoms with Gasteiger partial charge < -0.3 is 4.90 Å². The number of fused-ring (bicyclic) bond motifs is 1. The van der Waals surface area contributed by atoms with Crippen LogP contribution in [-0.2, 0) is 13.0 Å². The summed E-state index contributed by atoms with van der Waals surface area (Å²) in [5, 5.41) is 3.08. The van der Waals surface area contributed by atoms with E-state index in [1.807, 2.05) is 16.2 Å².